The van der Waals surface area contributed by atoms with E-state index in [1.54, 1.807) is 0 Å². The summed E-state index contributed by atoms with van der Waals surface area (Å²) in [5.41, 5.74) is 1.10. The normalized spacial score (nSPS) is 19.5. The van der Waals surface area contributed by atoms with Gasteiger partial charge in [-0.25, -0.2) is 0 Å². The number of rotatable bonds is 4. The monoisotopic (exact) mass is 311 g/mol. The summed E-state index contributed by atoms with van der Waals surface area (Å²) < 4.78 is 6.58. The first-order valence-electron chi connectivity index (χ1n) is 6.37. The first-order chi connectivity index (χ1) is 8.74. The van der Waals surface area contributed by atoms with Gasteiger partial charge < -0.3 is 10.1 Å². The lowest BCUT2D eigenvalue weighted by Crippen LogP contribution is -2.30. The molecule has 1 aliphatic heterocycles. The van der Waals surface area contributed by atoms with Gasteiger partial charge >= 0.3 is 0 Å². The topological polar surface area (TPSA) is 38.3 Å². The van der Waals surface area contributed by atoms with Crippen molar-refractivity contribution in [2.45, 2.75) is 38.3 Å². The Bertz CT molecular complexity index is 403. The maximum absolute atomic E-state index is 11.8. The van der Waals surface area contributed by atoms with Crippen LogP contribution in [0, 0.1) is 0 Å². The molecule has 1 fully saturated rings. The van der Waals surface area contributed by atoms with E-state index in [1.165, 1.54) is 6.42 Å². The fourth-order valence-electron chi connectivity index (χ4n) is 2.09. The molecular formula is C14H18BrNO2. The van der Waals surface area contributed by atoms with E-state index in [1.807, 2.05) is 24.3 Å². The van der Waals surface area contributed by atoms with Gasteiger partial charge in [-0.15, -0.1) is 0 Å². The Morgan fingerprint density at radius 1 is 1.44 bits per heavy atom. The van der Waals surface area contributed by atoms with Gasteiger partial charge in [0, 0.05) is 17.6 Å². The highest BCUT2D eigenvalue weighted by molar-refractivity contribution is 9.10. The summed E-state index contributed by atoms with van der Waals surface area (Å²) in [6.07, 6.45) is 3.89. The van der Waals surface area contributed by atoms with Crippen molar-refractivity contribution in [1.29, 1.82) is 0 Å². The van der Waals surface area contributed by atoms with Gasteiger partial charge in [0.25, 0.3) is 0 Å². The third kappa shape index (κ3) is 4.42. The van der Waals surface area contributed by atoms with Gasteiger partial charge in [0.2, 0.25) is 5.91 Å². The second-order valence-corrected chi connectivity index (χ2v) is 5.52. The van der Waals surface area contributed by atoms with Crippen LogP contribution in [0.25, 0.3) is 0 Å². The summed E-state index contributed by atoms with van der Waals surface area (Å²) in [5.74, 6) is 0.0712. The van der Waals surface area contributed by atoms with E-state index in [0.717, 1.165) is 29.5 Å². The lowest BCUT2D eigenvalue weighted by atomic mass is 10.1. The summed E-state index contributed by atoms with van der Waals surface area (Å²) in [5, 5.41) is 2.93. The molecule has 1 heterocycles. The summed E-state index contributed by atoms with van der Waals surface area (Å²) in [7, 11) is 0. The number of hydrogen-bond acceptors (Lipinski definition) is 2. The molecule has 1 N–H and O–H groups in total. The van der Waals surface area contributed by atoms with Crippen molar-refractivity contribution < 1.29 is 9.53 Å². The Hall–Kier alpha value is -0.870. The van der Waals surface area contributed by atoms with E-state index in [4.69, 9.17) is 4.74 Å². The van der Waals surface area contributed by atoms with Crippen LogP contribution in [0.3, 0.4) is 0 Å². The zero-order valence-electron chi connectivity index (χ0n) is 10.3. The molecule has 98 valence electrons. The molecular weight excluding hydrogens is 294 g/mol. The number of carbonyl (C=O) groups excluding carboxylic acids is 1. The van der Waals surface area contributed by atoms with Crippen molar-refractivity contribution in [3.05, 3.63) is 34.3 Å². The smallest absolute Gasteiger partial charge is 0.222 e. The highest BCUT2D eigenvalue weighted by Crippen LogP contribution is 2.15. The lowest BCUT2D eigenvalue weighted by Gasteiger charge is -2.21. The Kier molecular flexibility index (Phi) is 5.20. The van der Waals surface area contributed by atoms with Gasteiger partial charge in [0.15, 0.2) is 0 Å². The highest BCUT2D eigenvalue weighted by Gasteiger charge is 2.17. The quantitative estimate of drug-likeness (QED) is 0.928. The molecule has 1 aromatic rings. The Morgan fingerprint density at radius 2 is 2.33 bits per heavy atom. The summed E-state index contributed by atoms with van der Waals surface area (Å²) in [6, 6.07) is 7.95. The third-order valence-corrected chi connectivity index (χ3v) is 3.56. The van der Waals surface area contributed by atoms with E-state index in [-0.39, 0.29) is 12.0 Å². The summed E-state index contributed by atoms with van der Waals surface area (Å²) >= 11 is 3.42. The molecule has 2 rings (SSSR count). The Morgan fingerprint density at radius 3 is 3.06 bits per heavy atom. The highest BCUT2D eigenvalue weighted by atomic mass is 79.9. The van der Waals surface area contributed by atoms with Gasteiger partial charge in [0.1, 0.15) is 0 Å². The maximum Gasteiger partial charge on any atom is 0.222 e. The molecule has 4 heteroatoms. The number of halogens is 1. The molecule has 1 aliphatic rings. The molecule has 1 saturated heterocycles. The van der Waals surface area contributed by atoms with Crippen molar-refractivity contribution in [3.8, 4) is 0 Å². The first-order valence-corrected chi connectivity index (χ1v) is 7.16. The number of ether oxygens (including phenoxy) is 1. The molecule has 0 radical (unpaired) electrons. The van der Waals surface area contributed by atoms with E-state index in [9.17, 15) is 4.79 Å². The van der Waals surface area contributed by atoms with Crippen LogP contribution in [-0.4, -0.2) is 18.6 Å². The minimum absolute atomic E-state index is 0.0712. The summed E-state index contributed by atoms with van der Waals surface area (Å²) in [4.78, 5) is 11.8. The Labute approximate surface area is 116 Å². The van der Waals surface area contributed by atoms with Crippen molar-refractivity contribution in [2.75, 3.05) is 6.61 Å². The second-order valence-electron chi connectivity index (χ2n) is 4.60. The van der Waals surface area contributed by atoms with Crippen molar-refractivity contribution in [3.63, 3.8) is 0 Å². The van der Waals surface area contributed by atoms with Gasteiger partial charge in [-0.2, -0.15) is 0 Å². The molecule has 1 aromatic carbocycles. The standard InChI is InChI=1S/C14H18BrNO2/c15-12-5-3-4-11(8-12)10-16-14(17)9-13-6-1-2-7-18-13/h3-5,8,13H,1-2,6-7,9-10H2,(H,16,17). The van der Waals surface area contributed by atoms with Crippen molar-refractivity contribution in [2.24, 2.45) is 0 Å². The van der Waals surface area contributed by atoms with Crippen LogP contribution in [0.1, 0.15) is 31.2 Å². The van der Waals surface area contributed by atoms with Crippen LogP contribution in [0.2, 0.25) is 0 Å². The van der Waals surface area contributed by atoms with Crippen LogP contribution >= 0.6 is 15.9 Å². The SMILES string of the molecule is O=C(CC1CCCCO1)NCc1cccc(Br)c1. The van der Waals surface area contributed by atoms with Crippen LogP contribution in [0.5, 0.6) is 0 Å². The average Bonchev–Trinajstić information content (AvgIpc) is 2.38. The zero-order valence-corrected chi connectivity index (χ0v) is 11.9. The van der Waals surface area contributed by atoms with Crippen molar-refractivity contribution >= 4 is 21.8 Å². The molecule has 1 atom stereocenters. The van der Waals surface area contributed by atoms with E-state index < -0.39 is 0 Å². The zero-order chi connectivity index (χ0) is 12.8. The first kappa shape index (κ1) is 13.6. The predicted molar refractivity (Wildman–Crippen MR) is 74.2 cm³/mol. The molecule has 0 aromatic heterocycles. The minimum atomic E-state index is 0.0712. The predicted octanol–water partition coefficient (Wildman–Crippen LogP) is 3.02. The molecule has 1 amide bonds. The van der Waals surface area contributed by atoms with Crippen LogP contribution in [-0.2, 0) is 16.1 Å². The van der Waals surface area contributed by atoms with Gasteiger partial charge in [-0.05, 0) is 37.0 Å². The van der Waals surface area contributed by atoms with Crippen molar-refractivity contribution in [1.82, 2.24) is 5.32 Å². The van der Waals surface area contributed by atoms with Crippen LogP contribution in [0.4, 0.5) is 0 Å². The van der Waals surface area contributed by atoms with Gasteiger partial charge in [-0.1, -0.05) is 28.1 Å². The molecule has 0 spiro atoms. The third-order valence-electron chi connectivity index (χ3n) is 3.07. The maximum atomic E-state index is 11.8. The molecule has 3 nitrogen and oxygen atoms in total. The number of carbonyl (C=O) groups is 1. The Balaban J connectivity index is 1.74. The van der Waals surface area contributed by atoms with Crippen LogP contribution < -0.4 is 5.32 Å². The molecule has 1 unspecified atom stereocenters. The average molecular weight is 312 g/mol. The van der Waals surface area contributed by atoms with E-state index in [0.29, 0.717) is 13.0 Å². The summed E-state index contributed by atoms with van der Waals surface area (Å²) in [6.45, 7) is 1.37. The fourth-order valence-corrected chi connectivity index (χ4v) is 2.54. The second kappa shape index (κ2) is 6.90. The number of hydrogen-bond donors (Lipinski definition) is 1. The lowest BCUT2D eigenvalue weighted by molar-refractivity contribution is -0.125. The largest absolute Gasteiger partial charge is 0.378 e. The fraction of sp³-hybridized carbons (Fsp3) is 0.500. The van der Waals surface area contributed by atoms with Gasteiger partial charge in [-0.3, -0.25) is 4.79 Å². The molecule has 18 heavy (non-hydrogen) atoms. The van der Waals surface area contributed by atoms with Crippen LogP contribution in [0.15, 0.2) is 28.7 Å². The molecule has 0 saturated carbocycles. The minimum Gasteiger partial charge on any atom is -0.378 e. The molecule has 0 aliphatic carbocycles. The molecule has 0 bridgehead atoms. The number of benzene rings is 1. The van der Waals surface area contributed by atoms with Gasteiger partial charge in [0.05, 0.1) is 12.5 Å². The van der Waals surface area contributed by atoms with E-state index in [2.05, 4.69) is 21.2 Å². The number of amides is 1. The van der Waals surface area contributed by atoms with E-state index >= 15 is 0 Å². The number of nitrogens with one attached hydrogen (secondary N) is 1.